The van der Waals surface area contributed by atoms with E-state index < -0.39 is 23.2 Å². The molecule has 0 radical (unpaired) electrons. The number of nitrogens with one attached hydrogen (secondary N) is 1. The van der Waals surface area contributed by atoms with Crippen molar-refractivity contribution in [2.24, 2.45) is 11.1 Å². The minimum Gasteiger partial charge on any atom is -0.481 e. The fourth-order valence-electron chi connectivity index (χ4n) is 1.28. The highest BCUT2D eigenvalue weighted by molar-refractivity contribution is 5.97. The average Bonchev–Trinajstić information content (AvgIpc) is 2.77. The molecule has 0 spiro atoms. The van der Waals surface area contributed by atoms with Gasteiger partial charge >= 0.3 is 5.97 Å². The second kappa shape index (κ2) is 5.55. The molecule has 1 heterocycles. The first-order valence-electron chi connectivity index (χ1n) is 5.64. The maximum absolute atomic E-state index is 11.7. The zero-order valence-corrected chi connectivity index (χ0v) is 10.7. The third-order valence-corrected chi connectivity index (χ3v) is 2.72. The van der Waals surface area contributed by atoms with Gasteiger partial charge in [-0.05, 0) is 20.3 Å². The lowest BCUT2D eigenvalue weighted by Gasteiger charge is -2.18. The zero-order valence-electron chi connectivity index (χ0n) is 10.7. The van der Waals surface area contributed by atoms with Crippen molar-refractivity contribution in [1.82, 2.24) is 5.32 Å². The lowest BCUT2D eigenvalue weighted by molar-refractivity contribution is -0.147. The van der Waals surface area contributed by atoms with Crippen LogP contribution in [0.2, 0.25) is 0 Å². The van der Waals surface area contributed by atoms with Crippen LogP contribution < -0.4 is 11.1 Å². The van der Waals surface area contributed by atoms with Gasteiger partial charge in [-0.15, -0.1) is 0 Å². The largest absolute Gasteiger partial charge is 0.481 e. The van der Waals surface area contributed by atoms with Crippen molar-refractivity contribution in [2.75, 3.05) is 6.54 Å². The number of hydrogen-bond acceptors (Lipinski definition) is 4. The molecule has 4 N–H and O–H groups in total. The molecule has 19 heavy (non-hydrogen) atoms. The summed E-state index contributed by atoms with van der Waals surface area (Å²) in [6.07, 6.45) is 1.41. The van der Waals surface area contributed by atoms with Crippen LogP contribution in [0.5, 0.6) is 0 Å². The van der Waals surface area contributed by atoms with Crippen LogP contribution in [0.15, 0.2) is 16.7 Å². The number of amides is 2. The molecule has 0 fully saturated rings. The normalized spacial score (nSPS) is 11.1. The van der Waals surface area contributed by atoms with Gasteiger partial charge in [-0.2, -0.15) is 0 Å². The lowest BCUT2D eigenvalue weighted by Crippen LogP contribution is -2.31. The van der Waals surface area contributed by atoms with Gasteiger partial charge in [0.05, 0.1) is 11.0 Å². The van der Waals surface area contributed by atoms with E-state index in [-0.39, 0.29) is 24.3 Å². The van der Waals surface area contributed by atoms with Gasteiger partial charge < -0.3 is 20.6 Å². The number of aliphatic carboxylic acids is 1. The van der Waals surface area contributed by atoms with Gasteiger partial charge in [0.2, 0.25) is 0 Å². The van der Waals surface area contributed by atoms with Crippen molar-refractivity contribution >= 4 is 17.8 Å². The molecule has 0 saturated carbocycles. The molecule has 2 amide bonds. The summed E-state index contributed by atoms with van der Waals surface area (Å²) in [5.74, 6) is -2.24. The summed E-state index contributed by atoms with van der Waals surface area (Å²) in [6.45, 7) is 3.35. The SMILES string of the molecule is CC(C)(CCNC(=O)c1coc(C(N)=O)c1)C(=O)O. The minimum atomic E-state index is -0.930. The van der Waals surface area contributed by atoms with E-state index >= 15 is 0 Å². The third kappa shape index (κ3) is 3.84. The van der Waals surface area contributed by atoms with Gasteiger partial charge in [-0.1, -0.05) is 0 Å². The third-order valence-electron chi connectivity index (χ3n) is 2.72. The molecule has 1 aromatic rings. The highest BCUT2D eigenvalue weighted by atomic mass is 16.4. The van der Waals surface area contributed by atoms with Gasteiger partial charge in [0.15, 0.2) is 5.76 Å². The number of carbonyl (C=O) groups excluding carboxylic acids is 2. The van der Waals surface area contributed by atoms with Crippen LogP contribution in [0, 0.1) is 5.41 Å². The van der Waals surface area contributed by atoms with Crippen molar-refractivity contribution in [2.45, 2.75) is 20.3 Å². The summed E-state index contributed by atoms with van der Waals surface area (Å²) < 4.78 is 4.80. The van der Waals surface area contributed by atoms with E-state index in [1.54, 1.807) is 13.8 Å². The van der Waals surface area contributed by atoms with Crippen molar-refractivity contribution in [3.05, 3.63) is 23.7 Å². The quantitative estimate of drug-likeness (QED) is 0.697. The fourth-order valence-corrected chi connectivity index (χ4v) is 1.28. The predicted octanol–water partition coefficient (Wildman–Crippen LogP) is 0.609. The van der Waals surface area contributed by atoms with Gasteiger partial charge in [-0.3, -0.25) is 14.4 Å². The summed E-state index contributed by atoms with van der Waals surface area (Å²) >= 11 is 0. The Kier molecular flexibility index (Phi) is 4.31. The highest BCUT2D eigenvalue weighted by Crippen LogP contribution is 2.19. The summed E-state index contributed by atoms with van der Waals surface area (Å²) in [7, 11) is 0. The topological polar surface area (TPSA) is 123 Å². The molecule has 0 aliphatic carbocycles. The first-order chi connectivity index (χ1) is 8.74. The van der Waals surface area contributed by atoms with Gasteiger partial charge in [0.25, 0.3) is 11.8 Å². The van der Waals surface area contributed by atoms with Crippen LogP contribution in [0.4, 0.5) is 0 Å². The zero-order chi connectivity index (χ0) is 14.6. The number of rotatable bonds is 6. The Morgan fingerprint density at radius 1 is 1.42 bits per heavy atom. The smallest absolute Gasteiger partial charge is 0.309 e. The number of primary amides is 1. The van der Waals surface area contributed by atoms with E-state index in [0.717, 1.165) is 6.26 Å². The van der Waals surface area contributed by atoms with Crippen molar-refractivity contribution in [3.8, 4) is 0 Å². The van der Waals surface area contributed by atoms with E-state index in [4.69, 9.17) is 15.3 Å². The number of nitrogens with two attached hydrogens (primary N) is 1. The van der Waals surface area contributed by atoms with Crippen molar-refractivity contribution < 1.29 is 23.9 Å². The van der Waals surface area contributed by atoms with Crippen LogP contribution >= 0.6 is 0 Å². The molecule has 0 aliphatic rings. The molecule has 7 heteroatoms. The predicted molar refractivity (Wildman–Crippen MR) is 65.6 cm³/mol. The number of carboxylic acid groups (broad SMARTS) is 1. The van der Waals surface area contributed by atoms with Crippen LogP contribution in [0.3, 0.4) is 0 Å². The Labute approximate surface area is 109 Å². The van der Waals surface area contributed by atoms with E-state index in [0.29, 0.717) is 0 Å². The van der Waals surface area contributed by atoms with E-state index in [1.165, 1.54) is 6.07 Å². The van der Waals surface area contributed by atoms with Crippen LogP contribution in [-0.4, -0.2) is 29.4 Å². The van der Waals surface area contributed by atoms with Crippen LogP contribution in [0.25, 0.3) is 0 Å². The molecule has 1 aromatic heterocycles. The molecule has 0 aliphatic heterocycles. The Bertz CT molecular complexity index is 504. The molecule has 7 nitrogen and oxygen atoms in total. The number of furan rings is 1. The Morgan fingerprint density at radius 2 is 2.05 bits per heavy atom. The first kappa shape index (κ1) is 14.7. The number of hydrogen-bond donors (Lipinski definition) is 3. The van der Waals surface area contributed by atoms with Crippen LogP contribution in [0.1, 0.15) is 41.2 Å². The van der Waals surface area contributed by atoms with Crippen molar-refractivity contribution in [3.63, 3.8) is 0 Å². The molecular weight excluding hydrogens is 252 g/mol. The Morgan fingerprint density at radius 3 is 2.53 bits per heavy atom. The van der Waals surface area contributed by atoms with Crippen molar-refractivity contribution in [1.29, 1.82) is 0 Å². The number of carbonyl (C=O) groups is 3. The molecule has 104 valence electrons. The second-order valence-corrected chi connectivity index (χ2v) is 4.76. The standard InChI is InChI=1S/C12H16N2O5/c1-12(2,11(17)18)3-4-14-10(16)7-5-8(9(13)15)19-6-7/h5-6H,3-4H2,1-2H3,(H2,13,15)(H,14,16)(H,17,18). The van der Waals surface area contributed by atoms with Gasteiger partial charge in [0.1, 0.15) is 6.26 Å². The average molecular weight is 268 g/mol. The fraction of sp³-hybridized carbons (Fsp3) is 0.417. The highest BCUT2D eigenvalue weighted by Gasteiger charge is 2.26. The summed E-state index contributed by atoms with van der Waals surface area (Å²) in [6, 6.07) is 1.24. The second-order valence-electron chi connectivity index (χ2n) is 4.76. The molecule has 0 saturated heterocycles. The lowest BCUT2D eigenvalue weighted by atomic mass is 9.90. The van der Waals surface area contributed by atoms with E-state index in [1.807, 2.05) is 0 Å². The maximum Gasteiger partial charge on any atom is 0.309 e. The van der Waals surface area contributed by atoms with E-state index in [2.05, 4.69) is 5.32 Å². The Hall–Kier alpha value is -2.31. The molecule has 0 aromatic carbocycles. The first-order valence-corrected chi connectivity index (χ1v) is 5.64. The molecule has 0 unspecified atom stereocenters. The molecule has 0 bridgehead atoms. The molecule has 1 rings (SSSR count). The monoisotopic (exact) mass is 268 g/mol. The molecular formula is C12H16N2O5. The van der Waals surface area contributed by atoms with Crippen LogP contribution in [-0.2, 0) is 4.79 Å². The number of carboxylic acids is 1. The maximum atomic E-state index is 11.7. The summed E-state index contributed by atoms with van der Waals surface area (Å²) in [5.41, 5.74) is 4.24. The summed E-state index contributed by atoms with van der Waals surface area (Å²) in [4.78, 5) is 33.3. The van der Waals surface area contributed by atoms with Gasteiger partial charge in [-0.25, -0.2) is 0 Å². The Balaban J connectivity index is 2.52. The minimum absolute atomic E-state index is 0.101. The van der Waals surface area contributed by atoms with Gasteiger partial charge in [0, 0.05) is 12.6 Å². The van der Waals surface area contributed by atoms with E-state index in [9.17, 15) is 14.4 Å². The summed E-state index contributed by atoms with van der Waals surface area (Å²) in [5, 5.41) is 11.5. The molecule has 0 atom stereocenters.